The van der Waals surface area contributed by atoms with Crippen LogP contribution in [0.25, 0.3) is 0 Å². The molecule has 0 bridgehead atoms. The summed E-state index contributed by atoms with van der Waals surface area (Å²) in [6.45, 7) is 4.20. The molecule has 9 atom stereocenters. The number of alkyl halides is 1. The molecule has 0 aromatic heterocycles. The largest absolute Gasteiger partial charge is 0.393 e. The third kappa shape index (κ3) is 2.03. The Bertz CT molecular complexity index is 523. The lowest BCUT2D eigenvalue weighted by atomic mass is 9.44. The first-order valence-corrected chi connectivity index (χ1v) is 9.31. The van der Waals surface area contributed by atoms with E-state index in [1.807, 2.05) is 6.92 Å². The zero-order valence-corrected chi connectivity index (χ0v) is 14.2. The van der Waals surface area contributed by atoms with Gasteiger partial charge in [-0.25, -0.2) is 4.39 Å². The van der Waals surface area contributed by atoms with Crippen molar-refractivity contribution in [3.8, 4) is 0 Å². The lowest BCUT2D eigenvalue weighted by molar-refractivity contribution is -0.204. The Labute approximate surface area is 137 Å². The van der Waals surface area contributed by atoms with Crippen molar-refractivity contribution in [3.05, 3.63) is 0 Å². The van der Waals surface area contributed by atoms with E-state index in [0.717, 1.165) is 12.8 Å². The number of Topliss-reactive ketones (excluding diaryl/α,β-unsaturated/α-hetero) is 1. The molecule has 2 N–H and O–H groups in total. The number of carbonyl (C=O) groups is 1. The second kappa shape index (κ2) is 5.01. The van der Waals surface area contributed by atoms with Crippen LogP contribution in [0.2, 0.25) is 0 Å². The van der Waals surface area contributed by atoms with Gasteiger partial charge in [-0.15, -0.1) is 0 Å². The molecule has 4 aliphatic carbocycles. The van der Waals surface area contributed by atoms with Crippen molar-refractivity contribution in [3.63, 3.8) is 0 Å². The van der Waals surface area contributed by atoms with Gasteiger partial charge in [-0.1, -0.05) is 13.8 Å². The molecule has 0 unspecified atom stereocenters. The molecular weight excluding hydrogens is 295 g/mol. The van der Waals surface area contributed by atoms with E-state index in [2.05, 4.69) is 6.92 Å². The second-order valence-corrected chi connectivity index (χ2v) is 9.24. The van der Waals surface area contributed by atoms with Gasteiger partial charge in [0.15, 0.2) is 0 Å². The Kier molecular flexibility index (Phi) is 3.49. The average Bonchev–Trinajstić information content (AvgIpc) is 2.76. The van der Waals surface area contributed by atoms with Crippen LogP contribution in [-0.2, 0) is 4.79 Å². The molecule has 23 heavy (non-hydrogen) atoms. The van der Waals surface area contributed by atoms with Crippen LogP contribution in [0.3, 0.4) is 0 Å². The zero-order valence-electron chi connectivity index (χ0n) is 14.2. The molecule has 4 heteroatoms. The fourth-order valence-electron chi connectivity index (χ4n) is 7.06. The van der Waals surface area contributed by atoms with E-state index >= 15 is 0 Å². The Balaban J connectivity index is 1.74. The SMILES string of the molecule is C[C@@]12CC[C@@H](F)C[C@@H]1C[C@@H](O)[C@H]1[C@H]2[C@H](O)C[C@]2(C)C(=O)CC[C@H]12. The lowest BCUT2D eigenvalue weighted by Gasteiger charge is -2.62. The topological polar surface area (TPSA) is 57.5 Å². The van der Waals surface area contributed by atoms with Crippen LogP contribution < -0.4 is 0 Å². The van der Waals surface area contributed by atoms with Gasteiger partial charge in [0.1, 0.15) is 12.0 Å². The molecule has 0 amide bonds. The monoisotopic (exact) mass is 324 g/mol. The van der Waals surface area contributed by atoms with E-state index in [9.17, 15) is 19.4 Å². The van der Waals surface area contributed by atoms with Crippen LogP contribution in [0.5, 0.6) is 0 Å². The van der Waals surface area contributed by atoms with Crippen LogP contribution in [0, 0.1) is 34.5 Å². The molecule has 0 aliphatic heterocycles. The molecule has 0 radical (unpaired) electrons. The van der Waals surface area contributed by atoms with Crippen LogP contribution in [0.1, 0.15) is 58.8 Å². The number of aliphatic hydroxyl groups is 2. The van der Waals surface area contributed by atoms with Crippen LogP contribution in [0.4, 0.5) is 4.39 Å². The fourth-order valence-corrected chi connectivity index (χ4v) is 7.06. The molecule has 0 aromatic rings. The van der Waals surface area contributed by atoms with Gasteiger partial charge in [0.25, 0.3) is 0 Å². The summed E-state index contributed by atoms with van der Waals surface area (Å²) in [5.74, 6) is 0.588. The summed E-state index contributed by atoms with van der Waals surface area (Å²) < 4.78 is 13.9. The van der Waals surface area contributed by atoms with Gasteiger partial charge in [-0.3, -0.25) is 4.79 Å². The first-order chi connectivity index (χ1) is 10.8. The number of hydrogen-bond donors (Lipinski definition) is 2. The summed E-state index contributed by atoms with van der Waals surface area (Å²) in [7, 11) is 0. The number of halogens is 1. The molecule has 0 saturated heterocycles. The standard InChI is InChI=1S/C19H29FO3/c1-18-6-5-11(20)7-10(18)8-13(21)16-12-3-4-15(23)19(12,2)9-14(22)17(16)18/h10-14,16-17,21-22H,3-9H2,1-2H3/t10-,11-,12-,13-,14-,16+,17-,18-,19+/m1/s1. The highest BCUT2D eigenvalue weighted by Gasteiger charge is 2.65. The first kappa shape index (κ1) is 16.0. The van der Waals surface area contributed by atoms with Crippen molar-refractivity contribution in [1.29, 1.82) is 0 Å². The molecule has 4 saturated carbocycles. The van der Waals surface area contributed by atoms with Crippen molar-refractivity contribution in [2.45, 2.75) is 77.2 Å². The van der Waals surface area contributed by atoms with Crippen LogP contribution >= 0.6 is 0 Å². The number of carbonyl (C=O) groups excluding carboxylic acids is 1. The van der Waals surface area contributed by atoms with Gasteiger partial charge < -0.3 is 10.2 Å². The summed E-state index contributed by atoms with van der Waals surface area (Å²) in [4.78, 5) is 12.4. The average molecular weight is 324 g/mol. The maximum absolute atomic E-state index is 13.9. The van der Waals surface area contributed by atoms with Crippen molar-refractivity contribution in [2.24, 2.45) is 34.5 Å². The summed E-state index contributed by atoms with van der Waals surface area (Å²) in [6, 6.07) is 0. The van der Waals surface area contributed by atoms with Gasteiger partial charge in [0, 0.05) is 11.8 Å². The maximum Gasteiger partial charge on any atom is 0.139 e. The summed E-state index contributed by atoms with van der Waals surface area (Å²) in [5.41, 5.74) is -0.569. The number of aliphatic hydroxyl groups excluding tert-OH is 2. The van der Waals surface area contributed by atoms with E-state index in [1.165, 1.54) is 0 Å². The number of hydrogen-bond acceptors (Lipinski definition) is 3. The third-order valence-electron chi connectivity index (χ3n) is 8.27. The molecule has 4 rings (SSSR count). The Morgan fingerprint density at radius 3 is 2.61 bits per heavy atom. The highest BCUT2D eigenvalue weighted by molar-refractivity contribution is 5.87. The molecule has 3 nitrogen and oxygen atoms in total. The second-order valence-electron chi connectivity index (χ2n) is 9.24. The molecule has 0 spiro atoms. The van der Waals surface area contributed by atoms with Crippen LogP contribution in [0.15, 0.2) is 0 Å². The molecule has 4 fully saturated rings. The van der Waals surface area contributed by atoms with E-state index in [1.54, 1.807) is 0 Å². The first-order valence-electron chi connectivity index (χ1n) is 9.31. The normalized spacial score (nSPS) is 59.2. The van der Waals surface area contributed by atoms with E-state index in [0.29, 0.717) is 32.1 Å². The Morgan fingerprint density at radius 1 is 1.13 bits per heavy atom. The van der Waals surface area contributed by atoms with Crippen molar-refractivity contribution in [2.75, 3.05) is 0 Å². The zero-order chi connectivity index (χ0) is 16.6. The smallest absolute Gasteiger partial charge is 0.139 e. The highest BCUT2D eigenvalue weighted by Crippen LogP contribution is 2.65. The highest BCUT2D eigenvalue weighted by atomic mass is 19.1. The quantitative estimate of drug-likeness (QED) is 0.720. The predicted octanol–water partition coefficient (Wildman–Crippen LogP) is 2.88. The van der Waals surface area contributed by atoms with Gasteiger partial charge in [-0.05, 0) is 67.6 Å². The summed E-state index contributed by atoms with van der Waals surface area (Å²) >= 11 is 0. The molecule has 0 aromatic carbocycles. The van der Waals surface area contributed by atoms with Crippen molar-refractivity contribution in [1.82, 2.24) is 0 Å². The third-order valence-corrected chi connectivity index (χ3v) is 8.27. The molecule has 4 aliphatic rings. The maximum atomic E-state index is 13.9. The summed E-state index contributed by atoms with van der Waals surface area (Å²) in [5, 5.41) is 21.8. The van der Waals surface area contributed by atoms with Gasteiger partial charge in [-0.2, -0.15) is 0 Å². The van der Waals surface area contributed by atoms with Crippen molar-refractivity contribution >= 4 is 5.78 Å². The van der Waals surface area contributed by atoms with E-state index < -0.39 is 23.8 Å². The predicted molar refractivity (Wildman–Crippen MR) is 84.4 cm³/mol. The minimum Gasteiger partial charge on any atom is -0.393 e. The summed E-state index contributed by atoms with van der Waals surface area (Å²) in [6.07, 6.45) is 2.62. The molecule has 0 heterocycles. The molecular formula is C19H29FO3. The molecule has 130 valence electrons. The van der Waals surface area contributed by atoms with Gasteiger partial charge in [0.2, 0.25) is 0 Å². The van der Waals surface area contributed by atoms with Gasteiger partial charge >= 0.3 is 0 Å². The van der Waals surface area contributed by atoms with E-state index in [4.69, 9.17) is 0 Å². The number of ketones is 1. The van der Waals surface area contributed by atoms with Crippen LogP contribution in [-0.4, -0.2) is 34.4 Å². The minimum atomic E-state index is -0.768. The Hall–Kier alpha value is -0.480. The lowest BCUT2D eigenvalue weighted by Crippen LogP contribution is -2.62. The van der Waals surface area contributed by atoms with E-state index in [-0.39, 0.29) is 34.9 Å². The number of fused-ring (bicyclic) bond motifs is 5. The van der Waals surface area contributed by atoms with Crippen molar-refractivity contribution < 1.29 is 19.4 Å². The van der Waals surface area contributed by atoms with Gasteiger partial charge in [0.05, 0.1) is 12.2 Å². The Morgan fingerprint density at radius 2 is 1.87 bits per heavy atom. The minimum absolute atomic E-state index is 0.00684. The number of rotatable bonds is 0. The fraction of sp³-hybridized carbons (Fsp3) is 0.947.